The molecule has 0 saturated carbocycles. The third-order valence-electron chi connectivity index (χ3n) is 2.12. The number of carbonyl (C=O) groups excluding carboxylic acids is 1. The molecule has 1 rings (SSSR count). The van der Waals surface area contributed by atoms with Crippen LogP contribution in [0.1, 0.15) is 12.5 Å². The highest BCUT2D eigenvalue weighted by Gasteiger charge is 2.23. The molecule has 1 N–H and O–H groups in total. The van der Waals surface area contributed by atoms with E-state index in [0.717, 1.165) is 5.56 Å². The average molecular weight is 227 g/mol. The molecule has 1 unspecified atom stereocenters. The Morgan fingerprint density at radius 3 is 2.73 bits per heavy atom. The number of nitrogens with zero attached hydrogens (tertiary/aromatic N) is 1. The lowest BCUT2D eigenvalue weighted by Gasteiger charge is -2.18. The summed E-state index contributed by atoms with van der Waals surface area (Å²) < 4.78 is 0. The summed E-state index contributed by atoms with van der Waals surface area (Å²) in [5, 5.41) is 12.5. The number of carboxylic acid groups (broad SMARTS) is 1. The summed E-state index contributed by atoms with van der Waals surface area (Å²) in [6.07, 6.45) is 0. The third-order valence-corrected chi connectivity index (χ3v) is 2.85. The molecule has 0 aromatic carbocycles. The van der Waals surface area contributed by atoms with Crippen molar-refractivity contribution in [2.75, 3.05) is 7.05 Å². The van der Waals surface area contributed by atoms with Gasteiger partial charge in [0.15, 0.2) is 0 Å². The van der Waals surface area contributed by atoms with Crippen molar-refractivity contribution in [3.05, 3.63) is 22.4 Å². The van der Waals surface area contributed by atoms with Gasteiger partial charge >= 0.3 is 5.97 Å². The van der Waals surface area contributed by atoms with Gasteiger partial charge in [-0.2, -0.15) is 11.3 Å². The molecule has 4 nitrogen and oxygen atoms in total. The fraction of sp³-hybridized carbons (Fsp3) is 0.400. The van der Waals surface area contributed by atoms with Crippen molar-refractivity contribution in [1.82, 2.24) is 4.90 Å². The molecule has 5 heteroatoms. The quantitative estimate of drug-likeness (QED) is 0.791. The van der Waals surface area contributed by atoms with E-state index in [9.17, 15) is 9.59 Å². The van der Waals surface area contributed by atoms with Gasteiger partial charge in [-0.25, -0.2) is 0 Å². The topological polar surface area (TPSA) is 57.6 Å². The first-order valence-corrected chi connectivity index (χ1v) is 5.45. The monoisotopic (exact) mass is 227 g/mol. The molecule has 0 saturated heterocycles. The van der Waals surface area contributed by atoms with Crippen LogP contribution in [0, 0.1) is 5.92 Å². The molecule has 15 heavy (non-hydrogen) atoms. The molecule has 0 spiro atoms. The van der Waals surface area contributed by atoms with Crippen molar-refractivity contribution < 1.29 is 14.7 Å². The van der Waals surface area contributed by atoms with Crippen LogP contribution in [-0.2, 0) is 16.1 Å². The van der Waals surface area contributed by atoms with Crippen LogP contribution in [0.3, 0.4) is 0 Å². The summed E-state index contributed by atoms with van der Waals surface area (Å²) in [4.78, 5) is 23.6. The van der Waals surface area contributed by atoms with Gasteiger partial charge in [-0.05, 0) is 29.3 Å². The Morgan fingerprint density at radius 2 is 2.27 bits per heavy atom. The molecule has 0 fully saturated rings. The van der Waals surface area contributed by atoms with Crippen LogP contribution < -0.4 is 0 Å². The van der Waals surface area contributed by atoms with E-state index < -0.39 is 11.9 Å². The molecular weight excluding hydrogens is 214 g/mol. The summed E-state index contributed by atoms with van der Waals surface area (Å²) in [6, 6.07) is 1.92. The van der Waals surface area contributed by atoms with E-state index in [2.05, 4.69) is 0 Å². The highest BCUT2D eigenvalue weighted by Crippen LogP contribution is 2.10. The number of carbonyl (C=O) groups is 2. The summed E-state index contributed by atoms with van der Waals surface area (Å²) in [5.41, 5.74) is 1.02. The predicted octanol–water partition coefficient (Wildman–Crippen LogP) is 1.43. The maximum Gasteiger partial charge on any atom is 0.315 e. The lowest BCUT2D eigenvalue weighted by atomic mass is 10.1. The van der Waals surface area contributed by atoms with Gasteiger partial charge in [0.2, 0.25) is 5.91 Å². The van der Waals surface area contributed by atoms with E-state index in [1.54, 1.807) is 18.4 Å². The lowest BCUT2D eigenvalue weighted by Crippen LogP contribution is -2.34. The number of amides is 1. The fourth-order valence-electron chi connectivity index (χ4n) is 1.17. The molecule has 1 atom stereocenters. The fourth-order valence-corrected chi connectivity index (χ4v) is 1.83. The molecule has 0 radical (unpaired) electrons. The van der Waals surface area contributed by atoms with Gasteiger partial charge in [-0.15, -0.1) is 0 Å². The minimum absolute atomic E-state index is 0.367. The van der Waals surface area contributed by atoms with E-state index in [4.69, 9.17) is 5.11 Å². The first-order chi connectivity index (χ1) is 7.02. The molecule has 1 aromatic rings. The lowest BCUT2D eigenvalue weighted by molar-refractivity contribution is -0.149. The normalized spacial score (nSPS) is 12.1. The molecule has 0 aliphatic heterocycles. The van der Waals surface area contributed by atoms with Crippen LogP contribution in [-0.4, -0.2) is 28.9 Å². The minimum Gasteiger partial charge on any atom is -0.481 e. The molecule has 0 bridgehead atoms. The van der Waals surface area contributed by atoms with Gasteiger partial charge in [-0.1, -0.05) is 0 Å². The second-order valence-electron chi connectivity index (χ2n) is 3.39. The molecule has 0 aliphatic carbocycles. The standard InChI is InChI=1S/C10H13NO3S/c1-7(10(13)14)9(12)11(2)5-8-3-4-15-6-8/h3-4,6-7H,5H2,1-2H3,(H,13,14). The Kier molecular flexibility index (Phi) is 3.85. The Hall–Kier alpha value is -1.36. The van der Waals surface area contributed by atoms with Crippen molar-refractivity contribution in [3.63, 3.8) is 0 Å². The molecule has 1 aromatic heterocycles. The SMILES string of the molecule is CC(C(=O)O)C(=O)N(C)Cc1ccsc1. The zero-order valence-corrected chi connectivity index (χ0v) is 9.45. The van der Waals surface area contributed by atoms with Crippen LogP contribution in [0.2, 0.25) is 0 Å². The summed E-state index contributed by atoms with van der Waals surface area (Å²) in [6.45, 7) is 1.86. The van der Waals surface area contributed by atoms with Gasteiger partial charge in [0.05, 0.1) is 0 Å². The molecule has 82 valence electrons. The smallest absolute Gasteiger partial charge is 0.315 e. The Balaban J connectivity index is 2.57. The number of hydrogen-bond donors (Lipinski definition) is 1. The van der Waals surface area contributed by atoms with Gasteiger partial charge < -0.3 is 10.0 Å². The largest absolute Gasteiger partial charge is 0.481 e. The number of thiophene rings is 1. The van der Waals surface area contributed by atoms with Gasteiger partial charge in [0.25, 0.3) is 0 Å². The van der Waals surface area contributed by atoms with Crippen molar-refractivity contribution in [3.8, 4) is 0 Å². The van der Waals surface area contributed by atoms with Gasteiger partial charge in [0.1, 0.15) is 5.92 Å². The Bertz CT molecular complexity index is 348. The van der Waals surface area contributed by atoms with Crippen molar-refractivity contribution >= 4 is 23.2 Å². The Morgan fingerprint density at radius 1 is 1.60 bits per heavy atom. The molecule has 1 amide bonds. The highest BCUT2D eigenvalue weighted by atomic mass is 32.1. The van der Waals surface area contributed by atoms with Crippen LogP contribution in [0.4, 0.5) is 0 Å². The van der Waals surface area contributed by atoms with E-state index in [0.29, 0.717) is 6.54 Å². The van der Waals surface area contributed by atoms with E-state index in [1.807, 2.05) is 16.8 Å². The van der Waals surface area contributed by atoms with E-state index in [-0.39, 0.29) is 5.91 Å². The summed E-state index contributed by atoms with van der Waals surface area (Å²) in [7, 11) is 1.61. The number of carboxylic acids is 1. The molecule has 0 aliphatic rings. The first kappa shape index (κ1) is 11.7. The second kappa shape index (κ2) is 4.93. The summed E-state index contributed by atoms with van der Waals surface area (Å²) >= 11 is 1.55. The number of rotatable bonds is 4. The zero-order valence-electron chi connectivity index (χ0n) is 8.64. The minimum atomic E-state index is -1.09. The number of aliphatic carboxylic acids is 1. The molecular formula is C10H13NO3S. The maximum absolute atomic E-state index is 11.6. The first-order valence-electron chi connectivity index (χ1n) is 4.51. The zero-order chi connectivity index (χ0) is 11.4. The molecule has 1 heterocycles. The van der Waals surface area contributed by atoms with Gasteiger partial charge in [0, 0.05) is 13.6 Å². The van der Waals surface area contributed by atoms with Crippen molar-refractivity contribution in [1.29, 1.82) is 0 Å². The van der Waals surface area contributed by atoms with Crippen LogP contribution in [0.25, 0.3) is 0 Å². The Labute approximate surface area is 92.1 Å². The average Bonchev–Trinajstić information content (AvgIpc) is 2.67. The van der Waals surface area contributed by atoms with Crippen LogP contribution in [0.15, 0.2) is 16.8 Å². The van der Waals surface area contributed by atoms with E-state index in [1.165, 1.54) is 11.8 Å². The third kappa shape index (κ3) is 3.06. The number of hydrogen-bond acceptors (Lipinski definition) is 3. The predicted molar refractivity (Wildman–Crippen MR) is 57.6 cm³/mol. The summed E-state index contributed by atoms with van der Waals surface area (Å²) in [5.74, 6) is -2.43. The van der Waals surface area contributed by atoms with Crippen molar-refractivity contribution in [2.45, 2.75) is 13.5 Å². The van der Waals surface area contributed by atoms with Crippen LogP contribution in [0.5, 0.6) is 0 Å². The van der Waals surface area contributed by atoms with Gasteiger partial charge in [-0.3, -0.25) is 9.59 Å². The second-order valence-corrected chi connectivity index (χ2v) is 4.17. The maximum atomic E-state index is 11.6. The van der Waals surface area contributed by atoms with Crippen LogP contribution >= 0.6 is 11.3 Å². The highest BCUT2D eigenvalue weighted by molar-refractivity contribution is 7.07. The van der Waals surface area contributed by atoms with E-state index >= 15 is 0 Å². The van der Waals surface area contributed by atoms with Crippen molar-refractivity contribution in [2.24, 2.45) is 5.92 Å².